The van der Waals surface area contributed by atoms with Gasteiger partial charge in [-0.25, -0.2) is 9.18 Å². The molecule has 0 aliphatic carbocycles. The number of ether oxygens (including phenoxy) is 1. The molecule has 0 saturated heterocycles. The van der Waals surface area contributed by atoms with Crippen LogP contribution in [0, 0.1) is 17.7 Å². The lowest BCUT2D eigenvalue weighted by molar-refractivity contribution is 0.140. The normalized spacial score (nSPS) is 9.65. The van der Waals surface area contributed by atoms with Crippen LogP contribution in [-0.2, 0) is 11.3 Å². The number of halogens is 2. The first-order chi connectivity index (χ1) is 11.2. The zero-order chi connectivity index (χ0) is 16.5. The smallest absolute Gasteiger partial charge is 0.407 e. The predicted molar refractivity (Wildman–Crippen MR) is 87.5 cm³/mol. The van der Waals surface area contributed by atoms with Gasteiger partial charge in [0.25, 0.3) is 0 Å². The average molecular weight is 332 g/mol. The van der Waals surface area contributed by atoms with E-state index in [1.807, 2.05) is 30.3 Å². The Kier molecular flexibility index (Phi) is 6.46. The van der Waals surface area contributed by atoms with E-state index < -0.39 is 11.9 Å². The van der Waals surface area contributed by atoms with Crippen molar-refractivity contribution >= 4 is 17.7 Å². The van der Waals surface area contributed by atoms with Gasteiger partial charge in [0.15, 0.2) is 5.82 Å². The molecule has 0 atom stereocenters. The monoisotopic (exact) mass is 331 g/mol. The molecule has 0 heterocycles. The molecule has 1 N–H and O–H groups in total. The van der Waals surface area contributed by atoms with E-state index in [0.717, 1.165) is 5.56 Å². The molecule has 0 fully saturated rings. The van der Waals surface area contributed by atoms with Gasteiger partial charge in [-0.2, -0.15) is 0 Å². The maximum absolute atomic E-state index is 13.6. The molecule has 0 aromatic heterocycles. The number of rotatable bonds is 4. The summed E-state index contributed by atoms with van der Waals surface area (Å²) in [6.07, 6.45) is -0.128. The lowest BCUT2D eigenvalue weighted by atomic mass is 10.2. The van der Waals surface area contributed by atoms with Crippen molar-refractivity contribution in [1.82, 2.24) is 5.32 Å². The third-order valence-electron chi connectivity index (χ3n) is 2.91. The van der Waals surface area contributed by atoms with Gasteiger partial charge in [0.2, 0.25) is 0 Å². The number of nitrogens with one attached hydrogen (secondary N) is 1. The molecule has 0 saturated carbocycles. The summed E-state index contributed by atoms with van der Waals surface area (Å²) in [5, 5.41) is 2.62. The Morgan fingerprint density at radius 3 is 2.74 bits per heavy atom. The highest BCUT2D eigenvalue weighted by atomic mass is 35.5. The molecule has 0 aliphatic rings. The predicted octanol–water partition coefficient (Wildman–Crippen LogP) is 4.15. The molecule has 0 radical (unpaired) electrons. The fourth-order valence-electron chi connectivity index (χ4n) is 1.76. The Hall–Kier alpha value is -2.51. The summed E-state index contributed by atoms with van der Waals surface area (Å²) in [5.74, 6) is 4.93. The van der Waals surface area contributed by atoms with Crippen LogP contribution in [0.2, 0.25) is 5.02 Å². The van der Waals surface area contributed by atoms with Crippen LogP contribution in [-0.4, -0.2) is 12.6 Å². The first-order valence-corrected chi connectivity index (χ1v) is 7.42. The molecule has 23 heavy (non-hydrogen) atoms. The van der Waals surface area contributed by atoms with Crippen molar-refractivity contribution in [1.29, 1.82) is 0 Å². The molecule has 0 unspecified atom stereocenters. The molecule has 2 rings (SSSR count). The number of carbonyl (C=O) groups is 1. The van der Waals surface area contributed by atoms with E-state index in [1.54, 1.807) is 12.1 Å². The number of alkyl carbamates (subject to hydrolysis) is 1. The van der Waals surface area contributed by atoms with Crippen LogP contribution in [0.4, 0.5) is 9.18 Å². The minimum absolute atomic E-state index is 0.0411. The van der Waals surface area contributed by atoms with Gasteiger partial charge >= 0.3 is 6.09 Å². The second kappa shape index (κ2) is 8.82. The van der Waals surface area contributed by atoms with Gasteiger partial charge in [0.05, 0.1) is 10.6 Å². The van der Waals surface area contributed by atoms with Crippen LogP contribution in [0.1, 0.15) is 17.5 Å². The molecule has 5 heteroatoms. The Bertz CT molecular complexity index is 723. The van der Waals surface area contributed by atoms with Crippen LogP contribution in [0.5, 0.6) is 0 Å². The molecular weight excluding hydrogens is 317 g/mol. The number of amides is 1. The minimum atomic E-state index is -0.531. The summed E-state index contributed by atoms with van der Waals surface area (Å²) in [5.41, 5.74) is 1.16. The summed E-state index contributed by atoms with van der Waals surface area (Å²) >= 11 is 5.66. The van der Waals surface area contributed by atoms with Crippen LogP contribution < -0.4 is 5.32 Å². The minimum Gasteiger partial charge on any atom is -0.445 e. The standard InChI is InChI=1S/C18H15ClFNO2/c19-16-11-6-10-15(17(16)20)9-4-5-12-21-18(22)23-13-14-7-2-1-3-8-14/h1-3,6-8,10-11H,5,12-13H2,(H,21,22). The van der Waals surface area contributed by atoms with E-state index in [4.69, 9.17) is 16.3 Å². The number of benzene rings is 2. The van der Waals surface area contributed by atoms with E-state index >= 15 is 0 Å². The molecule has 0 spiro atoms. The van der Waals surface area contributed by atoms with E-state index in [-0.39, 0.29) is 17.2 Å². The Balaban J connectivity index is 1.70. The van der Waals surface area contributed by atoms with Crippen LogP contribution in [0.3, 0.4) is 0 Å². The van der Waals surface area contributed by atoms with Crippen LogP contribution in [0.15, 0.2) is 48.5 Å². The summed E-state index contributed by atoms with van der Waals surface area (Å²) < 4.78 is 18.6. The first-order valence-electron chi connectivity index (χ1n) is 7.04. The van der Waals surface area contributed by atoms with Gasteiger partial charge in [-0.05, 0) is 17.7 Å². The quantitative estimate of drug-likeness (QED) is 0.675. The highest BCUT2D eigenvalue weighted by Crippen LogP contribution is 2.16. The maximum atomic E-state index is 13.6. The fraction of sp³-hybridized carbons (Fsp3) is 0.167. The summed E-state index contributed by atoms with van der Waals surface area (Å²) in [6, 6.07) is 14.0. The lowest BCUT2D eigenvalue weighted by Gasteiger charge is -2.05. The SMILES string of the molecule is O=C(NCCC#Cc1cccc(Cl)c1F)OCc1ccccc1. The lowest BCUT2D eigenvalue weighted by Crippen LogP contribution is -2.24. The van der Waals surface area contributed by atoms with E-state index in [0.29, 0.717) is 13.0 Å². The van der Waals surface area contributed by atoms with Crippen LogP contribution >= 0.6 is 11.6 Å². The fourth-order valence-corrected chi connectivity index (χ4v) is 1.93. The number of hydrogen-bond acceptors (Lipinski definition) is 2. The van der Waals surface area contributed by atoms with Crippen molar-refractivity contribution in [2.45, 2.75) is 13.0 Å². The molecule has 2 aromatic rings. The van der Waals surface area contributed by atoms with Crippen molar-refractivity contribution in [3.05, 3.63) is 70.5 Å². The average Bonchev–Trinajstić information content (AvgIpc) is 2.57. The van der Waals surface area contributed by atoms with Crippen molar-refractivity contribution in [3.63, 3.8) is 0 Å². The molecule has 0 aliphatic heterocycles. The second-order valence-corrected chi connectivity index (χ2v) is 5.05. The maximum Gasteiger partial charge on any atom is 0.407 e. The zero-order valence-electron chi connectivity index (χ0n) is 12.3. The summed E-state index contributed by atoms with van der Waals surface area (Å²) in [4.78, 5) is 11.5. The van der Waals surface area contributed by atoms with Crippen molar-refractivity contribution < 1.29 is 13.9 Å². The van der Waals surface area contributed by atoms with Gasteiger partial charge in [-0.1, -0.05) is 59.8 Å². The third kappa shape index (κ3) is 5.65. The summed E-state index contributed by atoms with van der Waals surface area (Å²) in [7, 11) is 0. The molecule has 2 aromatic carbocycles. The second-order valence-electron chi connectivity index (χ2n) is 4.64. The van der Waals surface area contributed by atoms with Gasteiger partial charge in [0.1, 0.15) is 6.61 Å². The molecule has 0 bridgehead atoms. The van der Waals surface area contributed by atoms with E-state index in [1.165, 1.54) is 6.07 Å². The molecular formula is C18H15ClFNO2. The van der Waals surface area contributed by atoms with E-state index in [2.05, 4.69) is 17.2 Å². The topological polar surface area (TPSA) is 38.3 Å². The highest BCUT2D eigenvalue weighted by molar-refractivity contribution is 6.30. The van der Waals surface area contributed by atoms with E-state index in [9.17, 15) is 9.18 Å². The first kappa shape index (κ1) is 16.9. The Morgan fingerprint density at radius 2 is 1.96 bits per heavy atom. The van der Waals surface area contributed by atoms with Crippen molar-refractivity contribution in [3.8, 4) is 11.8 Å². The number of carbonyl (C=O) groups excluding carboxylic acids is 1. The Morgan fingerprint density at radius 1 is 1.17 bits per heavy atom. The van der Waals surface area contributed by atoms with Crippen molar-refractivity contribution in [2.75, 3.05) is 6.54 Å². The highest BCUT2D eigenvalue weighted by Gasteiger charge is 2.03. The van der Waals surface area contributed by atoms with Gasteiger partial charge in [-0.15, -0.1) is 0 Å². The van der Waals surface area contributed by atoms with Crippen LogP contribution in [0.25, 0.3) is 0 Å². The van der Waals surface area contributed by atoms with Gasteiger partial charge in [-0.3, -0.25) is 0 Å². The largest absolute Gasteiger partial charge is 0.445 e. The Labute approximate surface area is 139 Å². The third-order valence-corrected chi connectivity index (χ3v) is 3.20. The molecule has 3 nitrogen and oxygen atoms in total. The molecule has 1 amide bonds. The van der Waals surface area contributed by atoms with Crippen molar-refractivity contribution in [2.24, 2.45) is 0 Å². The van der Waals surface area contributed by atoms with Gasteiger partial charge in [0, 0.05) is 13.0 Å². The zero-order valence-corrected chi connectivity index (χ0v) is 13.1. The van der Waals surface area contributed by atoms with Gasteiger partial charge < -0.3 is 10.1 Å². The number of hydrogen-bond donors (Lipinski definition) is 1. The summed E-state index contributed by atoms with van der Waals surface area (Å²) in [6.45, 7) is 0.537. The molecule has 118 valence electrons.